The van der Waals surface area contributed by atoms with E-state index in [0.29, 0.717) is 48.6 Å². The molecule has 4 fully saturated rings. The number of piperazine rings is 1. The van der Waals surface area contributed by atoms with Gasteiger partial charge in [0.2, 0.25) is 5.91 Å². The van der Waals surface area contributed by atoms with Crippen LogP contribution in [0.1, 0.15) is 45.4 Å². The highest BCUT2D eigenvalue weighted by atomic mass is 19.1. The Labute approximate surface area is 279 Å². The van der Waals surface area contributed by atoms with Crippen LogP contribution in [-0.2, 0) is 4.79 Å². The molecule has 4 aromatic rings. The van der Waals surface area contributed by atoms with Gasteiger partial charge in [-0.1, -0.05) is 30.3 Å². The molecule has 3 N–H and O–H groups in total. The van der Waals surface area contributed by atoms with Crippen molar-refractivity contribution in [3.63, 3.8) is 0 Å². The summed E-state index contributed by atoms with van der Waals surface area (Å²) in [5, 5.41) is 26.2. The number of aliphatic hydroxyl groups is 1. The number of aromatic hydroxyl groups is 1. The molecule has 4 aliphatic heterocycles. The first-order valence-corrected chi connectivity index (χ1v) is 17.3. The minimum absolute atomic E-state index is 0.0117. The molecule has 3 unspecified atom stereocenters. The Morgan fingerprint density at radius 2 is 1.79 bits per heavy atom. The van der Waals surface area contributed by atoms with Crippen molar-refractivity contribution in [3.8, 4) is 22.9 Å². The highest BCUT2D eigenvalue weighted by molar-refractivity contribution is 6.01. The molecule has 8 rings (SSSR count). The molecule has 1 aromatic heterocycles. The predicted molar refractivity (Wildman–Crippen MR) is 183 cm³/mol. The first-order chi connectivity index (χ1) is 23.3. The van der Waals surface area contributed by atoms with Gasteiger partial charge in [-0.2, -0.15) is 9.97 Å². The Morgan fingerprint density at radius 3 is 2.54 bits per heavy atom. The molecular formula is C37H43FN6O4. The summed E-state index contributed by atoms with van der Waals surface area (Å²) >= 11 is 0. The number of nitrogens with one attached hydrogen (secondary N) is 1. The number of hydrogen-bond donors (Lipinski definition) is 3. The zero-order chi connectivity index (χ0) is 33.0. The number of carbonyl (C=O) groups excluding carboxylic acids is 1. The Bertz CT molecular complexity index is 1850. The summed E-state index contributed by atoms with van der Waals surface area (Å²) in [6.45, 7) is 6.14. The summed E-state index contributed by atoms with van der Waals surface area (Å²) in [7, 11) is 0. The van der Waals surface area contributed by atoms with Gasteiger partial charge >= 0.3 is 6.01 Å². The van der Waals surface area contributed by atoms with Crippen molar-refractivity contribution in [2.24, 2.45) is 0 Å². The summed E-state index contributed by atoms with van der Waals surface area (Å²) in [5.74, 6) is 0.101. The van der Waals surface area contributed by atoms with Crippen LogP contribution in [0, 0.1) is 5.82 Å². The van der Waals surface area contributed by atoms with Crippen molar-refractivity contribution in [2.75, 3.05) is 50.8 Å². The highest BCUT2D eigenvalue weighted by Gasteiger charge is 2.45. The predicted octanol–water partition coefficient (Wildman–Crippen LogP) is 4.45. The van der Waals surface area contributed by atoms with Gasteiger partial charge in [0.1, 0.15) is 23.7 Å². The maximum Gasteiger partial charge on any atom is 0.319 e. The number of phenols is 1. The molecule has 0 aliphatic carbocycles. The van der Waals surface area contributed by atoms with Crippen LogP contribution in [0.2, 0.25) is 0 Å². The van der Waals surface area contributed by atoms with E-state index < -0.39 is 11.9 Å². The molecule has 0 radical (unpaired) electrons. The number of anilines is 1. The minimum Gasteiger partial charge on any atom is -0.508 e. The maximum absolute atomic E-state index is 16.9. The number of ether oxygens (including phenoxy) is 1. The standard InChI is InChI=1S/C37H43FN6O4/c1-23(45)39-18-28(47)21-44-25-8-9-26(44)20-42(19-25)35-31-11-10-30(32-17-27(46)16-24-6-2-3-7-29(24)32)33(38)34(31)40-36(41-35)48-22-37-12-4-14-43(37)15-5-13-37/h2-3,6-7,10-11,16-17,25-26,28,46-47H,4-5,8-9,12-15,18-22H2,1H3,(H,39,45). The monoisotopic (exact) mass is 654 g/mol. The van der Waals surface area contributed by atoms with Crippen LogP contribution in [0.5, 0.6) is 11.8 Å². The highest BCUT2D eigenvalue weighted by Crippen LogP contribution is 2.42. The quantitative estimate of drug-likeness (QED) is 0.241. The lowest BCUT2D eigenvalue weighted by Crippen LogP contribution is -2.56. The topological polar surface area (TPSA) is 114 Å². The van der Waals surface area contributed by atoms with E-state index >= 15 is 4.39 Å². The Balaban J connectivity index is 1.16. The van der Waals surface area contributed by atoms with E-state index in [2.05, 4.69) is 20.0 Å². The first-order valence-electron chi connectivity index (χ1n) is 17.3. The second-order valence-corrected chi connectivity index (χ2v) is 14.2. The molecule has 10 nitrogen and oxygen atoms in total. The van der Waals surface area contributed by atoms with Gasteiger partial charge in [-0.05, 0) is 86.1 Å². The molecule has 4 aliphatic rings. The molecule has 11 heteroatoms. The smallest absolute Gasteiger partial charge is 0.319 e. The average Bonchev–Trinajstić information content (AvgIpc) is 3.72. The summed E-state index contributed by atoms with van der Waals surface area (Å²) < 4.78 is 23.3. The second-order valence-electron chi connectivity index (χ2n) is 14.2. The van der Waals surface area contributed by atoms with E-state index in [0.717, 1.165) is 62.4 Å². The lowest BCUT2D eigenvalue weighted by molar-refractivity contribution is -0.119. The molecule has 48 heavy (non-hydrogen) atoms. The number of amides is 1. The molecular weight excluding hydrogens is 611 g/mol. The van der Waals surface area contributed by atoms with E-state index in [1.807, 2.05) is 30.3 Å². The first kappa shape index (κ1) is 31.2. The SMILES string of the molecule is CC(=O)NCC(O)CN1C2CCC1CN(c1nc(OCC34CCCN3CCC4)nc3c(F)c(-c4cc(O)cc5ccccc45)ccc13)C2. The lowest BCUT2D eigenvalue weighted by atomic mass is 9.95. The molecule has 3 atom stereocenters. The molecule has 1 amide bonds. The molecule has 2 bridgehead atoms. The van der Waals surface area contributed by atoms with Crippen molar-refractivity contribution in [1.82, 2.24) is 25.1 Å². The fraction of sp³-hybridized carbons (Fsp3) is 0.486. The van der Waals surface area contributed by atoms with Crippen LogP contribution < -0.4 is 15.0 Å². The lowest BCUT2D eigenvalue weighted by Gasteiger charge is -2.42. The summed E-state index contributed by atoms with van der Waals surface area (Å²) in [4.78, 5) is 28.2. The van der Waals surface area contributed by atoms with Gasteiger partial charge in [0.25, 0.3) is 0 Å². The number of nitrogens with zero attached hydrogens (tertiary/aromatic N) is 5. The van der Waals surface area contributed by atoms with Crippen LogP contribution in [0.25, 0.3) is 32.8 Å². The number of rotatable bonds is 9. The van der Waals surface area contributed by atoms with Gasteiger partial charge in [0.15, 0.2) is 5.82 Å². The fourth-order valence-electron chi connectivity index (χ4n) is 8.85. The van der Waals surface area contributed by atoms with Gasteiger partial charge in [-0.25, -0.2) is 4.39 Å². The summed E-state index contributed by atoms with van der Waals surface area (Å²) in [6, 6.07) is 15.2. The molecule has 4 saturated heterocycles. The molecule has 252 valence electrons. The van der Waals surface area contributed by atoms with Crippen LogP contribution in [0.15, 0.2) is 48.5 Å². The van der Waals surface area contributed by atoms with E-state index in [-0.39, 0.29) is 47.4 Å². The van der Waals surface area contributed by atoms with Crippen molar-refractivity contribution >= 4 is 33.4 Å². The second kappa shape index (κ2) is 12.4. The third-order valence-electron chi connectivity index (χ3n) is 11.1. The van der Waals surface area contributed by atoms with Gasteiger partial charge in [-0.3, -0.25) is 14.6 Å². The van der Waals surface area contributed by atoms with Crippen molar-refractivity contribution in [2.45, 2.75) is 69.2 Å². The van der Waals surface area contributed by atoms with Crippen LogP contribution in [-0.4, -0.2) is 105 Å². The zero-order valence-corrected chi connectivity index (χ0v) is 27.4. The van der Waals surface area contributed by atoms with Gasteiger partial charge in [0, 0.05) is 56.1 Å². The van der Waals surface area contributed by atoms with Crippen molar-refractivity contribution in [1.29, 1.82) is 0 Å². The third kappa shape index (κ3) is 5.61. The number of aromatic nitrogens is 2. The van der Waals surface area contributed by atoms with Crippen molar-refractivity contribution < 1.29 is 24.1 Å². The fourth-order valence-corrected chi connectivity index (χ4v) is 8.85. The number of carbonyl (C=O) groups is 1. The number of hydrogen-bond acceptors (Lipinski definition) is 9. The minimum atomic E-state index is -0.658. The maximum atomic E-state index is 16.9. The van der Waals surface area contributed by atoms with E-state index in [1.165, 1.54) is 6.92 Å². The van der Waals surface area contributed by atoms with E-state index in [4.69, 9.17) is 14.7 Å². The van der Waals surface area contributed by atoms with Gasteiger partial charge < -0.3 is 25.2 Å². The largest absolute Gasteiger partial charge is 0.508 e. The number of benzene rings is 3. The molecule has 5 heterocycles. The normalized spacial score (nSPS) is 22.8. The molecule has 3 aromatic carbocycles. The van der Waals surface area contributed by atoms with Crippen molar-refractivity contribution in [3.05, 3.63) is 54.3 Å². The summed E-state index contributed by atoms with van der Waals surface area (Å²) in [5.41, 5.74) is 1.15. The van der Waals surface area contributed by atoms with E-state index in [9.17, 15) is 15.0 Å². The third-order valence-corrected chi connectivity index (χ3v) is 11.1. The molecule has 0 spiro atoms. The average molecular weight is 655 g/mol. The van der Waals surface area contributed by atoms with Crippen LogP contribution in [0.3, 0.4) is 0 Å². The number of phenolic OH excluding ortho intramolecular Hbond substituents is 1. The van der Waals surface area contributed by atoms with Gasteiger partial charge in [0.05, 0.1) is 11.6 Å². The number of aliphatic hydroxyl groups excluding tert-OH is 1. The summed E-state index contributed by atoms with van der Waals surface area (Å²) in [6.07, 6.45) is 5.77. The van der Waals surface area contributed by atoms with Crippen LogP contribution in [0.4, 0.5) is 10.2 Å². The Kier molecular flexibility index (Phi) is 8.09. The number of fused-ring (bicyclic) bond motifs is 5. The zero-order valence-electron chi connectivity index (χ0n) is 27.4. The van der Waals surface area contributed by atoms with Gasteiger partial charge in [-0.15, -0.1) is 0 Å². The number of halogens is 1. The molecule has 0 saturated carbocycles. The van der Waals surface area contributed by atoms with Crippen LogP contribution >= 0.6 is 0 Å². The Hall–Kier alpha value is -4.06. The Morgan fingerprint density at radius 1 is 1.04 bits per heavy atom. The van der Waals surface area contributed by atoms with E-state index in [1.54, 1.807) is 18.2 Å².